The summed E-state index contributed by atoms with van der Waals surface area (Å²) in [6.45, 7) is 4.30. The average molecular weight is 221 g/mol. The molecule has 0 bridgehead atoms. The lowest BCUT2D eigenvalue weighted by atomic mass is 10.3. The molecule has 2 aromatic rings. The topological polar surface area (TPSA) is 30.7 Å². The van der Waals surface area contributed by atoms with E-state index in [2.05, 4.69) is 23.2 Å². The molecule has 0 saturated heterocycles. The van der Waals surface area contributed by atoms with E-state index in [9.17, 15) is 4.39 Å². The lowest BCUT2D eigenvalue weighted by Gasteiger charge is -2.22. The van der Waals surface area contributed by atoms with Crippen molar-refractivity contribution in [2.75, 3.05) is 0 Å². The SMILES string of the molecule is C[Si](C)(c1ccc(F)cc1)n1cncn1. The van der Waals surface area contributed by atoms with Crippen molar-refractivity contribution in [2.45, 2.75) is 13.1 Å². The molecule has 0 radical (unpaired) electrons. The van der Waals surface area contributed by atoms with Gasteiger partial charge in [-0.15, -0.1) is 0 Å². The summed E-state index contributed by atoms with van der Waals surface area (Å²) < 4.78 is 14.7. The molecular weight excluding hydrogens is 209 g/mol. The van der Waals surface area contributed by atoms with Crippen LogP contribution >= 0.6 is 0 Å². The molecule has 0 atom stereocenters. The number of aromatic nitrogens is 3. The monoisotopic (exact) mass is 221 g/mol. The molecular formula is C10H12FN3Si. The van der Waals surface area contributed by atoms with Gasteiger partial charge in [-0.1, -0.05) is 12.1 Å². The van der Waals surface area contributed by atoms with E-state index in [0.29, 0.717) is 0 Å². The first-order valence-corrected chi connectivity index (χ1v) is 7.66. The van der Waals surface area contributed by atoms with Gasteiger partial charge in [0.05, 0.1) is 0 Å². The Morgan fingerprint density at radius 3 is 2.40 bits per heavy atom. The minimum absolute atomic E-state index is 0.206. The minimum atomic E-state index is -1.85. The minimum Gasteiger partial charge on any atom is -0.278 e. The van der Waals surface area contributed by atoms with Crippen LogP contribution in [0.25, 0.3) is 0 Å². The summed E-state index contributed by atoms with van der Waals surface area (Å²) in [5.74, 6) is -0.206. The molecule has 0 spiro atoms. The van der Waals surface area contributed by atoms with Crippen molar-refractivity contribution in [3.63, 3.8) is 0 Å². The van der Waals surface area contributed by atoms with Gasteiger partial charge < -0.3 is 0 Å². The standard InChI is InChI=1S/C10H12FN3Si/c1-15(2,14-8-12-7-13-14)10-5-3-9(11)4-6-10/h3-8H,1-2H3. The van der Waals surface area contributed by atoms with Crippen LogP contribution in [0.1, 0.15) is 0 Å². The molecule has 0 amide bonds. The van der Waals surface area contributed by atoms with Gasteiger partial charge in [0.15, 0.2) is 0 Å². The molecule has 5 heteroatoms. The van der Waals surface area contributed by atoms with E-state index in [-0.39, 0.29) is 5.82 Å². The van der Waals surface area contributed by atoms with E-state index in [4.69, 9.17) is 0 Å². The molecule has 1 aromatic heterocycles. The Hall–Kier alpha value is -1.49. The normalized spacial score (nSPS) is 11.7. The fourth-order valence-corrected chi connectivity index (χ4v) is 3.43. The summed E-state index contributed by atoms with van der Waals surface area (Å²) in [5, 5.41) is 5.29. The Bertz CT molecular complexity index is 436. The quantitative estimate of drug-likeness (QED) is 0.717. The van der Waals surface area contributed by atoms with E-state index < -0.39 is 8.24 Å². The van der Waals surface area contributed by atoms with Crippen LogP contribution < -0.4 is 5.19 Å². The van der Waals surface area contributed by atoms with E-state index in [1.807, 2.05) is 16.5 Å². The van der Waals surface area contributed by atoms with Gasteiger partial charge in [0.25, 0.3) is 0 Å². The second kappa shape index (κ2) is 3.58. The maximum absolute atomic E-state index is 12.8. The fourth-order valence-electron chi connectivity index (χ4n) is 1.49. The summed E-state index contributed by atoms with van der Waals surface area (Å²) in [7, 11) is -1.85. The van der Waals surface area contributed by atoms with Gasteiger partial charge in [-0.2, -0.15) is 5.10 Å². The predicted molar refractivity (Wildman–Crippen MR) is 58.9 cm³/mol. The number of hydrogen-bond donors (Lipinski definition) is 0. The van der Waals surface area contributed by atoms with Crippen LogP contribution in [0.15, 0.2) is 36.9 Å². The highest BCUT2D eigenvalue weighted by molar-refractivity contribution is 6.88. The van der Waals surface area contributed by atoms with E-state index >= 15 is 0 Å². The van der Waals surface area contributed by atoms with Crippen LogP contribution in [0.5, 0.6) is 0 Å². The van der Waals surface area contributed by atoms with Crippen molar-refractivity contribution in [1.82, 2.24) is 14.4 Å². The molecule has 1 aromatic carbocycles. The Morgan fingerprint density at radius 1 is 1.20 bits per heavy atom. The lowest BCUT2D eigenvalue weighted by Crippen LogP contribution is -2.49. The molecule has 0 aliphatic rings. The smallest absolute Gasteiger partial charge is 0.211 e. The third-order valence-corrected chi connectivity index (χ3v) is 5.66. The molecule has 15 heavy (non-hydrogen) atoms. The third-order valence-electron chi connectivity index (χ3n) is 2.54. The number of benzene rings is 1. The molecule has 0 aliphatic carbocycles. The van der Waals surface area contributed by atoms with Crippen molar-refractivity contribution >= 4 is 13.4 Å². The van der Waals surface area contributed by atoms with E-state index in [1.54, 1.807) is 6.33 Å². The zero-order valence-corrected chi connectivity index (χ0v) is 9.68. The Kier molecular flexibility index (Phi) is 2.40. The number of rotatable bonds is 2. The van der Waals surface area contributed by atoms with Gasteiger partial charge >= 0.3 is 0 Å². The molecule has 78 valence electrons. The van der Waals surface area contributed by atoms with Gasteiger partial charge in [0.1, 0.15) is 18.5 Å². The molecule has 2 rings (SSSR count). The van der Waals surface area contributed by atoms with Gasteiger partial charge in [0.2, 0.25) is 8.24 Å². The van der Waals surface area contributed by atoms with Crippen molar-refractivity contribution in [3.8, 4) is 0 Å². The molecule has 1 heterocycles. The zero-order valence-electron chi connectivity index (χ0n) is 8.68. The first-order chi connectivity index (χ1) is 7.10. The molecule has 0 fully saturated rings. The number of halogens is 1. The Morgan fingerprint density at radius 2 is 1.87 bits per heavy atom. The summed E-state index contributed by atoms with van der Waals surface area (Å²) >= 11 is 0. The first-order valence-electron chi connectivity index (χ1n) is 4.72. The first kappa shape index (κ1) is 10.0. The van der Waals surface area contributed by atoms with Crippen molar-refractivity contribution in [1.29, 1.82) is 0 Å². The molecule has 0 N–H and O–H groups in total. The highest BCUT2D eigenvalue weighted by atomic mass is 28.3. The number of nitrogens with zero attached hydrogens (tertiary/aromatic N) is 3. The van der Waals surface area contributed by atoms with Crippen LogP contribution in [0.4, 0.5) is 4.39 Å². The molecule has 0 aliphatic heterocycles. The van der Waals surface area contributed by atoms with Crippen LogP contribution in [-0.2, 0) is 0 Å². The fraction of sp³-hybridized carbons (Fsp3) is 0.200. The third kappa shape index (κ3) is 1.82. The molecule has 3 nitrogen and oxygen atoms in total. The lowest BCUT2D eigenvalue weighted by molar-refractivity contribution is 0.628. The van der Waals surface area contributed by atoms with Crippen LogP contribution in [0, 0.1) is 5.82 Å². The second-order valence-corrected chi connectivity index (χ2v) is 8.06. The zero-order chi connectivity index (χ0) is 10.9. The van der Waals surface area contributed by atoms with Gasteiger partial charge in [-0.3, -0.25) is 4.35 Å². The van der Waals surface area contributed by atoms with Gasteiger partial charge in [-0.25, -0.2) is 9.37 Å². The average Bonchev–Trinajstić information content (AvgIpc) is 2.71. The van der Waals surface area contributed by atoms with Crippen molar-refractivity contribution < 1.29 is 4.39 Å². The van der Waals surface area contributed by atoms with E-state index in [1.165, 1.54) is 18.5 Å². The Balaban J connectivity index is 2.41. The summed E-state index contributed by atoms with van der Waals surface area (Å²) in [5.41, 5.74) is 0. The highest BCUT2D eigenvalue weighted by Crippen LogP contribution is 2.05. The number of hydrogen-bond acceptors (Lipinski definition) is 2. The van der Waals surface area contributed by atoms with Crippen molar-refractivity contribution in [2.24, 2.45) is 0 Å². The highest BCUT2D eigenvalue weighted by Gasteiger charge is 2.27. The van der Waals surface area contributed by atoms with E-state index in [0.717, 1.165) is 5.19 Å². The summed E-state index contributed by atoms with van der Waals surface area (Å²) in [6, 6.07) is 6.62. The van der Waals surface area contributed by atoms with Crippen LogP contribution in [0.2, 0.25) is 13.1 Å². The summed E-state index contributed by atoms with van der Waals surface area (Å²) in [4.78, 5) is 3.94. The van der Waals surface area contributed by atoms with Crippen LogP contribution in [0.3, 0.4) is 0 Å². The predicted octanol–water partition coefficient (Wildman–Crippen LogP) is 1.38. The maximum Gasteiger partial charge on any atom is 0.211 e. The van der Waals surface area contributed by atoms with Crippen molar-refractivity contribution in [3.05, 3.63) is 42.7 Å². The Labute approximate surface area is 88.7 Å². The van der Waals surface area contributed by atoms with Gasteiger partial charge in [-0.05, 0) is 30.4 Å². The largest absolute Gasteiger partial charge is 0.278 e. The molecule has 0 saturated carbocycles. The second-order valence-electron chi connectivity index (χ2n) is 3.91. The maximum atomic E-state index is 12.8. The summed E-state index contributed by atoms with van der Waals surface area (Å²) in [6.07, 6.45) is 3.24. The van der Waals surface area contributed by atoms with Gasteiger partial charge in [0, 0.05) is 0 Å². The molecule has 0 unspecified atom stereocenters. The van der Waals surface area contributed by atoms with Crippen LogP contribution in [-0.4, -0.2) is 22.7 Å².